The van der Waals surface area contributed by atoms with Crippen LogP contribution in [0.15, 0.2) is 73.2 Å². The molecule has 1 aliphatic heterocycles. The number of carbonyl (C=O) groups excluding carboxylic acids is 5. The molecule has 1 aromatic heterocycles. The fourth-order valence-electron chi connectivity index (χ4n) is 5.58. The minimum absolute atomic E-state index is 0.162. The molecule has 2 heterocycles. The highest BCUT2D eigenvalue weighted by Crippen LogP contribution is 2.28. The van der Waals surface area contributed by atoms with Gasteiger partial charge in [-0.2, -0.15) is 0 Å². The lowest BCUT2D eigenvalue weighted by Crippen LogP contribution is -2.59. The summed E-state index contributed by atoms with van der Waals surface area (Å²) in [6.45, 7) is 8.59. The minimum atomic E-state index is -1.41. The summed E-state index contributed by atoms with van der Waals surface area (Å²) in [6, 6.07) is 16.1. The smallest absolute Gasteiger partial charge is 0.408 e. The third-order valence-corrected chi connectivity index (χ3v) is 8.08. The molecule has 0 spiro atoms. The predicted molar refractivity (Wildman–Crippen MR) is 182 cm³/mol. The molecule has 1 aliphatic rings. The normalized spacial score (nSPS) is 15.9. The van der Waals surface area contributed by atoms with E-state index < -0.39 is 53.1 Å². The largest absolute Gasteiger partial charge is 0.467 e. The molecular weight excluding hydrogens is 628 g/mol. The lowest BCUT2D eigenvalue weighted by molar-refractivity contribution is -0.151. The second kappa shape index (κ2) is 15.8. The van der Waals surface area contributed by atoms with Crippen LogP contribution in [-0.4, -0.2) is 81.1 Å². The number of alkyl carbamates (subject to hydrolysis) is 1. The van der Waals surface area contributed by atoms with Crippen LogP contribution in [0.25, 0.3) is 0 Å². The highest BCUT2D eigenvalue weighted by Gasteiger charge is 2.39. The Balaban J connectivity index is 1.55. The molecule has 4 amide bonds. The van der Waals surface area contributed by atoms with E-state index in [1.165, 1.54) is 32.2 Å². The number of aromatic nitrogens is 2. The number of likely N-dealkylation sites (tertiary alicyclic amines) is 1. The molecule has 0 bridgehead atoms. The third-order valence-electron chi connectivity index (χ3n) is 8.08. The Morgan fingerprint density at radius 2 is 1.61 bits per heavy atom. The van der Waals surface area contributed by atoms with Crippen molar-refractivity contribution in [3.63, 3.8) is 0 Å². The summed E-state index contributed by atoms with van der Waals surface area (Å²) in [6.07, 6.45) is 4.12. The Morgan fingerprint density at radius 1 is 0.959 bits per heavy atom. The summed E-state index contributed by atoms with van der Waals surface area (Å²) in [5, 5.41) is 8.14. The fraction of sp³-hybridized carbons (Fsp3) is 0.444. The molecule has 49 heavy (non-hydrogen) atoms. The minimum Gasteiger partial charge on any atom is -0.467 e. The lowest BCUT2D eigenvalue weighted by Gasteiger charge is -2.29. The first-order valence-electron chi connectivity index (χ1n) is 16.3. The van der Waals surface area contributed by atoms with Crippen molar-refractivity contribution in [1.82, 2.24) is 25.1 Å². The van der Waals surface area contributed by atoms with Crippen molar-refractivity contribution in [1.29, 1.82) is 0 Å². The van der Waals surface area contributed by atoms with E-state index in [-0.39, 0.29) is 18.1 Å². The Morgan fingerprint density at radius 3 is 2.24 bits per heavy atom. The Hall–Kier alpha value is -5.20. The topological polar surface area (TPSA) is 161 Å². The van der Waals surface area contributed by atoms with Crippen molar-refractivity contribution in [3.8, 4) is 0 Å². The van der Waals surface area contributed by atoms with Gasteiger partial charge in [0.25, 0.3) is 5.91 Å². The van der Waals surface area contributed by atoms with E-state index in [0.29, 0.717) is 31.4 Å². The van der Waals surface area contributed by atoms with Crippen LogP contribution in [-0.2, 0) is 35.1 Å². The van der Waals surface area contributed by atoms with Gasteiger partial charge in [0.1, 0.15) is 29.3 Å². The van der Waals surface area contributed by atoms with E-state index in [4.69, 9.17) is 9.47 Å². The molecular formula is C36H46N6O7. The van der Waals surface area contributed by atoms with E-state index in [1.54, 1.807) is 31.5 Å². The van der Waals surface area contributed by atoms with Crippen LogP contribution in [0.4, 0.5) is 10.6 Å². The van der Waals surface area contributed by atoms with Crippen molar-refractivity contribution in [2.24, 2.45) is 0 Å². The predicted octanol–water partition coefficient (Wildman–Crippen LogP) is 4.00. The van der Waals surface area contributed by atoms with Gasteiger partial charge in [-0.25, -0.2) is 14.6 Å². The van der Waals surface area contributed by atoms with Crippen LogP contribution in [0.3, 0.4) is 0 Å². The number of methoxy groups -OCH3 is 1. The van der Waals surface area contributed by atoms with Gasteiger partial charge in [0.15, 0.2) is 5.82 Å². The molecule has 13 heteroatoms. The summed E-state index contributed by atoms with van der Waals surface area (Å²) in [5.41, 5.74) is -0.525. The molecule has 3 atom stereocenters. The molecule has 4 rings (SSSR count). The first-order valence-corrected chi connectivity index (χ1v) is 16.3. The highest BCUT2D eigenvalue weighted by atomic mass is 16.6. The number of nitrogens with zero attached hydrogens (tertiary/aromatic N) is 3. The van der Waals surface area contributed by atoms with Crippen molar-refractivity contribution in [2.75, 3.05) is 19.0 Å². The second-order valence-corrected chi connectivity index (χ2v) is 13.5. The lowest BCUT2D eigenvalue weighted by atomic mass is 10.0. The van der Waals surface area contributed by atoms with Gasteiger partial charge in [0.05, 0.1) is 13.4 Å². The molecule has 3 unspecified atom stereocenters. The number of amides is 4. The second-order valence-electron chi connectivity index (χ2n) is 13.5. The number of carbonyl (C=O) groups is 5. The maximum atomic E-state index is 14.0. The molecule has 13 nitrogen and oxygen atoms in total. The van der Waals surface area contributed by atoms with Crippen LogP contribution in [0.2, 0.25) is 0 Å². The van der Waals surface area contributed by atoms with Gasteiger partial charge in [-0.15, -0.1) is 0 Å². The van der Waals surface area contributed by atoms with Gasteiger partial charge in [0, 0.05) is 12.7 Å². The number of hydrogen-bond donors (Lipinski definition) is 3. The van der Waals surface area contributed by atoms with Crippen molar-refractivity contribution in [3.05, 3.63) is 84.3 Å². The first kappa shape index (κ1) is 36.6. The average Bonchev–Trinajstić information content (AvgIpc) is 3.72. The highest BCUT2D eigenvalue weighted by molar-refractivity contribution is 5.98. The Bertz CT molecular complexity index is 1620. The van der Waals surface area contributed by atoms with Crippen LogP contribution in [0, 0.1) is 0 Å². The summed E-state index contributed by atoms with van der Waals surface area (Å²) in [7, 11) is 1.30. The maximum absolute atomic E-state index is 14.0. The maximum Gasteiger partial charge on any atom is 0.408 e. The van der Waals surface area contributed by atoms with Crippen molar-refractivity contribution >= 4 is 35.6 Å². The van der Waals surface area contributed by atoms with Crippen LogP contribution in [0.5, 0.6) is 0 Å². The van der Waals surface area contributed by atoms with Crippen molar-refractivity contribution in [2.45, 2.75) is 89.6 Å². The van der Waals surface area contributed by atoms with Gasteiger partial charge in [-0.1, -0.05) is 60.7 Å². The molecule has 262 valence electrons. The third kappa shape index (κ3) is 9.91. The molecule has 0 saturated carbocycles. The number of hydrogen-bond acceptors (Lipinski definition) is 8. The van der Waals surface area contributed by atoms with Crippen LogP contribution >= 0.6 is 0 Å². The number of benzene rings is 2. The fourth-order valence-corrected chi connectivity index (χ4v) is 5.58. The number of ether oxygens (including phenoxy) is 2. The number of nitrogens with one attached hydrogen (secondary N) is 3. The van der Waals surface area contributed by atoms with E-state index in [2.05, 4.69) is 20.9 Å². The number of esters is 1. The Kier molecular flexibility index (Phi) is 11.8. The van der Waals surface area contributed by atoms with Gasteiger partial charge in [-0.3, -0.25) is 14.4 Å². The molecule has 0 aliphatic carbocycles. The van der Waals surface area contributed by atoms with E-state index >= 15 is 0 Å². The molecule has 0 radical (unpaired) electrons. The van der Waals surface area contributed by atoms with E-state index in [0.717, 1.165) is 5.56 Å². The standard InChI is InChI=1S/C36H46N6O7/c1-35(2,3)49-34(47)40-36(4,5)33(46)38-26(20-19-24-14-9-7-10-15-24)30(43)39-28-22-41(23-37-28)29(25-16-11-8-12-17-25)31(44)42-21-13-18-27(42)32(45)48-6/h7-12,14-17,22-23,26-27,29H,13,18-21H2,1-6H3,(H,38,46)(H,39,43)(H,40,47). The summed E-state index contributed by atoms with van der Waals surface area (Å²) >= 11 is 0. The molecule has 3 aromatic rings. The Labute approximate surface area is 286 Å². The number of rotatable bonds is 12. The zero-order chi connectivity index (χ0) is 35.8. The quantitative estimate of drug-likeness (QED) is 0.243. The average molecular weight is 675 g/mol. The number of imidazole rings is 1. The van der Waals surface area contributed by atoms with E-state index in [1.807, 2.05) is 60.7 Å². The zero-order valence-electron chi connectivity index (χ0n) is 28.9. The summed E-state index contributed by atoms with van der Waals surface area (Å²) < 4.78 is 11.9. The van der Waals surface area contributed by atoms with Gasteiger partial charge >= 0.3 is 12.1 Å². The van der Waals surface area contributed by atoms with Gasteiger partial charge < -0.3 is 34.9 Å². The summed E-state index contributed by atoms with van der Waals surface area (Å²) in [4.78, 5) is 72.0. The molecule has 1 fully saturated rings. The SMILES string of the molecule is COC(=O)C1CCCN1C(=O)C(c1ccccc1)n1cnc(NC(=O)C(CCc2ccccc2)NC(=O)C(C)(C)NC(=O)OC(C)(C)C)c1. The molecule has 3 N–H and O–H groups in total. The zero-order valence-corrected chi connectivity index (χ0v) is 28.9. The first-order chi connectivity index (χ1) is 23.2. The van der Waals surface area contributed by atoms with Crippen LogP contribution < -0.4 is 16.0 Å². The monoisotopic (exact) mass is 674 g/mol. The van der Waals surface area contributed by atoms with E-state index in [9.17, 15) is 24.0 Å². The van der Waals surface area contributed by atoms with Crippen LogP contribution in [0.1, 0.15) is 71.0 Å². The number of anilines is 1. The van der Waals surface area contributed by atoms with Gasteiger partial charge in [-0.05, 0) is 71.4 Å². The number of aryl methyl sites for hydroxylation is 1. The van der Waals surface area contributed by atoms with Crippen molar-refractivity contribution < 1.29 is 33.4 Å². The summed E-state index contributed by atoms with van der Waals surface area (Å²) in [5.74, 6) is -1.73. The molecule has 1 saturated heterocycles. The molecule has 2 aromatic carbocycles. The van der Waals surface area contributed by atoms with Gasteiger partial charge in [0.2, 0.25) is 11.8 Å².